The summed E-state index contributed by atoms with van der Waals surface area (Å²) in [4.78, 5) is 26.2. The Balaban J connectivity index is 1.01. The molecule has 4 nitrogen and oxygen atoms in total. The number of carbonyl (C=O) groups excluding carboxylic acids is 2. The molecule has 0 saturated carbocycles. The monoisotopic (exact) mass is 748 g/mol. The number of ketones is 1. The number of anilines is 2. The fourth-order valence-electron chi connectivity index (χ4n) is 9.77. The maximum atomic E-state index is 14.0. The molecule has 0 heterocycles. The number of hydrogen-bond acceptors (Lipinski definition) is 3. The van der Waals surface area contributed by atoms with E-state index in [1.807, 2.05) is 43.4 Å². The highest BCUT2D eigenvalue weighted by atomic mass is 16.1. The Morgan fingerprint density at radius 3 is 1.03 bits per heavy atom. The minimum atomic E-state index is -0.631. The van der Waals surface area contributed by atoms with Crippen LogP contribution in [0.15, 0.2) is 194 Å². The second-order valence-electron chi connectivity index (χ2n) is 15.3. The molecule has 278 valence electrons. The minimum absolute atomic E-state index is 0.0333. The Morgan fingerprint density at radius 1 is 0.379 bits per heavy atom. The summed E-state index contributed by atoms with van der Waals surface area (Å²) in [6.45, 7) is 1.60. The van der Waals surface area contributed by atoms with E-state index in [0.29, 0.717) is 11.1 Å². The van der Waals surface area contributed by atoms with Gasteiger partial charge in [-0.1, -0.05) is 158 Å². The van der Waals surface area contributed by atoms with Gasteiger partial charge in [-0.15, -0.1) is 0 Å². The molecule has 0 radical (unpaired) electrons. The van der Waals surface area contributed by atoms with Crippen LogP contribution in [0.25, 0.3) is 22.3 Å². The van der Waals surface area contributed by atoms with E-state index in [9.17, 15) is 9.59 Å². The zero-order valence-electron chi connectivity index (χ0n) is 32.3. The second kappa shape index (κ2) is 13.7. The molecule has 0 saturated heterocycles. The van der Waals surface area contributed by atoms with Crippen LogP contribution in [0.1, 0.15) is 72.1 Å². The molecule has 1 amide bonds. The Hall–Kier alpha value is -7.30. The van der Waals surface area contributed by atoms with Crippen LogP contribution in [0, 0.1) is 0 Å². The van der Waals surface area contributed by atoms with E-state index in [1.54, 1.807) is 6.92 Å². The summed E-state index contributed by atoms with van der Waals surface area (Å²) in [5, 5.41) is 6.44. The molecule has 2 N–H and O–H groups in total. The van der Waals surface area contributed by atoms with Gasteiger partial charge in [0.05, 0.1) is 10.8 Å². The number of rotatable bonds is 8. The van der Waals surface area contributed by atoms with Crippen molar-refractivity contribution in [2.45, 2.75) is 17.8 Å². The van der Waals surface area contributed by atoms with Gasteiger partial charge in [0.2, 0.25) is 0 Å². The van der Waals surface area contributed by atoms with E-state index in [4.69, 9.17) is 0 Å². The lowest BCUT2D eigenvalue weighted by Crippen LogP contribution is -2.29. The van der Waals surface area contributed by atoms with Crippen LogP contribution in [0.5, 0.6) is 0 Å². The van der Waals surface area contributed by atoms with Gasteiger partial charge in [-0.05, 0) is 110 Å². The van der Waals surface area contributed by atoms with Crippen molar-refractivity contribution in [3.8, 4) is 22.3 Å². The molecule has 2 aliphatic rings. The van der Waals surface area contributed by atoms with Crippen LogP contribution in [0.2, 0.25) is 0 Å². The molecule has 8 aromatic carbocycles. The molecule has 0 atom stereocenters. The standard InChI is InChI=1S/C54H40N2O2/c1-35(57)36-19-23-38(24-20-36)53(48-15-7-3-11-44(48)45-12-4-8-16-49(45)53)39-25-21-37(22-26-39)52(58)56-43-33-29-41(30-34-43)54(40-27-31-42(55-2)32-28-40)50-17-9-5-13-46(50)47-14-6-10-18-51(47)54/h3-34,55H,1-2H3,(H,56,58). The van der Waals surface area contributed by atoms with Crippen molar-refractivity contribution in [1.29, 1.82) is 0 Å². The summed E-state index contributed by atoms with van der Waals surface area (Å²) in [5.41, 5.74) is 15.9. The number of benzene rings is 8. The van der Waals surface area contributed by atoms with Crippen molar-refractivity contribution in [3.05, 3.63) is 250 Å². The number of Topliss-reactive ketones (excluding diaryl/α,β-unsaturated/α-hetero) is 1. The summed E-state index contributed by atoms with van der Waals surface area (Å²) in [5.74, 6) is -0.147. The molecule has 0 bridgehead atoms. The molecular weight excluding hydrogens is 709 g/mol. The molecule has 0 aromatic heterocycles. The predicted molar refractivity (Wildman–Crippen MR) is 235 cm³/mol. The van der Waals surface area contributed by atoms with Crippen LogP contribution < -0.4 is 10.6 Å². The minimum Gasteiger partial charge on any atom is -0.388 e. The van der Waals surface area contributed by atoms with E-state index < -0.39 is 10.8 Å². The lowest BCUT2D eigenvalue weighted by molar-refractivity contribution is 0.101. The Labute approximate surface area is 338 Å². The fraction of sp³-hybridized carbons (Fsp3) is 0.0741. The number of amides is 1. The number of hydrogen-bond donors (Lipinski definition) is 2. The predicted octanol–water partition coefficient (Wildman–Crippen LogP) is 11.9. The van der Waals surface area contributed by atoms with Crippen molar-refractivity contribution in [2.75, 3.05) is 17.7 Å². The summed E-state index contributed by atoms with van der Waals surface area (Å²) >= 11 is 0. The third-order valence-electron chi connectivity index (χ3n) is 12.4. The number of nitrogens with one attached hydrogen (secondary N) is 2. The van der Waals surface area contributed by atoms with Gasteiger partial charge in [0.25, 0.3) is 5.91 Å². The van der Waals surface area contributed by atoms with Crippen molar-refractivity contribution >= 4 is 23.1 Å². The van der Waals surface area contributed by atoms with Crippen LogP contribution >= 0.6 is 0 Å². The first-order valence-corrected chi connectivity index (χ1v) is 19.8. The normalized spacial score (nSPS) is 13.8. The lowest BCUT2D eigenvalue weighted by atomic mass is 9.67. The molecule has 2 aliphatic carbocycles. The zero-order valence-corrected chi connectivity index (χ0v) is 32.3. The second-order valence-corrected chi connectivity index (χ2v) is 15.3. The maximum Gasteiger partial charge on any atom is 0.255 e. The Morgan fingerprint density at radius 2 is 0.690 bits per heavy atom. The highest BCUT2D eigenvalue weighted by Gasteiger charge is 2.47. The first-order chi connectivity index (χ1) is 28.4. The molecule has 0 aliphatic heterocycles. The topological polar surface area (TPSA) is 58.2 Å². The SMILES string of the molecule is CNc1ccc(C2(c3ccc(NC(=O)c4ccc(C5(c6ccc(C(C)=O)cc6)c6ccccc6-c6ccccc65)cc4)cc3)c3ccccc3-c3ccccc32)cc1. The summed E-state index contributed by atoms with van der Waals surface area (Å²) in [6, 6.07) is 67.5. The average Bonchev–Trinajstić information content (AvgIpc) is 3.76. The van der Waals surface area contributed by atoms with E-state index in [1.165, 1.54) is 50.1 Å². The Kier molecular flexibility index (Phi) is 8.31. The molecule has 8 aromatic rings. The first-order valence-electron chi connectivity index (χ1n) is 19.8. The average molecular weight is 749 g/mol. The van der Waals surface area contributed by atoms with Gasteiger partial charge in [0, 0.05) is 29.5 Å². The molecule has 0 fully saturated rings. The summed E-state index contributed by atoms with van der Waals surface area (Å²) in [6.07, 6.45) is 0. The highest BCUT2D eigenvalue weighted by molar-refractivity contribution is 6.04. The highest BCUT2D eigenvalue weighted by Crippen LogP contribution is 2.57. The van der Waals surface area contributed by atoms with Crippen LogP contribution in [0.3, 0.4) is 0 Å². The third-order valence-corrected chi connectivity index (χ3v) is 12.4. The smallest absolute Gasteiger partial charge is 0.255 e. The van der Waals surface area contributed by atoms with E-state index in [-0.39, 0.29) is 11.7 Å². The van der Waals surface area contributed by atoms with Crippen LogP contribution in [0.4, 0.5) is 11.4 Å². The van der Waals surface area contributed by atoms with Crippen molar-refractivity contribution in [3.63, 3.8) is 0 Å². The van der Waals surface area contributed by atoms with Gasteiger partial charge in [0.15, 0.2) is 5.78 Å². The largest absolute Gasteiger partial charge is 0.388 e. The van der Waals surface area contributed by atoms with E-state index >= 15 is 0 Å². The van der Waals surface area contributed by atoms with Crippen molar-refractivity contribution < 1.29 is 9.59 Å². The fourth-order valence-corrected chi connectivity index (χ4v) is 9.77. The van der Waals surface area contributed by atoms with Gasteiger partial charge >= 0.3 is 0 Å². The first kappa shape index (κ1) is 35.1. The molecule has 4 heteroatoms. The van der Waals surface area contributed by atoms with Crippen LogP contribution in [-0.4, -0.2) is 18.7 Å². The van der Waals surface area contributed by atoms with Crippen LogP contribution in [-0.2, 0) is 10.8 Å². The molecule has 0 unspecified atom stereocenters. The van der Waals surface area contributed by atoms with Gasteiger partial charge in [0.1, 0.15) is 0 Å². The van der Waals surface area contributed by atoms with Gasteiger partial charge in [-0.2, -0.15) is 0 Å². The van der Waals surface area contributed by atoms with Crippen molar-refractivity contribution in [1.82, 2.24) is 0 Å². The number of fused-ring (bicyclic) bond motifs is 6. The summed E-state index contributed by atoms with van der Waals surface area (Å²) < 4.78 is 0. The zero-order chi connectivity index (χ0) is 39.4. The van der Waals surface area contributed by atoms with Gasteiger partial charge in [-0.3, -0.25) is 9.59 Å². The molecule has 10 rings (SSSR count). The van der Waals surface area contributed by atoms with Gasteiger partial charge < -0.3 is 10.6 Å². The molecular formula is C54H40N2O2. The molecule has 58 heavy (non-hydrogen) atoms. The quantitative estimate of drug-likeness (QED) is 0.152. The lowest BCUT2D eigenvalue weighted by Gasteiger charge is -2.34. The van der Waals surface area contributed by atoms with E-state index in [2.05, 4.69) is 168 Å². The third kappa shape index (κ3) is 5.15. The number of carbonyl (C=O) groups is 2. The van der Waals surface area contributed by atoms with E-state index in [0.717, 1.165) is 28.1 Å². The van der Waals surface area contributed by atoms with Gasteiger partial charge in [-0.25, -0.2) is 0 Å². The molecule has 0 spiro atoms. The summed E-state index contributed by atoms with van der Waals surface area (Å²) in [7, 11) is 1.94. The van der Waals surface area contributed by atoms with Crippen molar-refractivity contribution in [2.24, 2.45) is 0 Å². The maximum absolute atomic E-state index is 14.0. The Bertz CT molecular complexity index is 2780.